The summed E-state index contributed by atoms with van der Waals surface area (Å²) in [6.45, 7) is 0.127. The van der Waals surface area contributed by atoms with Crippen LogP contribution in [0, 0.1) is 0 Å². The topological polar surface area (TPSA) is 97.5 Å². The Morgan fingerprint density at radius 3 is 2.33 bits per heavy atom. The van der Waals surface area contributed by atoms with Gasteiger partial charge >= 0.3 is 11.9 Å². The first kappa shape index (κ1) is 22.4. The van der Waals surface area contributed by atoms with Crippen LogP contribution in [0.5, 0.6) is 0 Å². The van der Waals surface area contributed by atoms with Crippen LogP contribution in [0.4, 0.5) is 13.2 Å². The van der Waals surface area contributed by atoms with E-state index in [-0.39, 0.29) is 18.7 Å². The van der Waals surface area contributed by atoms with Gasteiger partial charge in [-0.25, -0.2) is 9.78 Å². The van der Waals surface area contributed by atoms with Gasteiger partial charge in [0.15, 0.2) is 0 Å². The zero-order valence-corrected chi connectivity index (χ0v) is 17.7. The molecular formula is C17H22F3N5O4S. The maximum absolute atomic E-state index is 13.9. The molecular weight excluding hydrogens is 427 g/mol. The summed E-state index contributed by atoms with van der Waals surface area (Å²) in [7, 11) is 1.06. The Morgan fingerprint density at radius 2 is 1.77 bits per heavy atom. The Labute approximate surface area is 170 Å². The Kier molecular flexibility index (Phi) is 5.58. The predicted molar refractivity (Wildman–Crippen MR) is 103 cm³/mol. The minimum absolute atomic E-state index is 0.127. The standard InChI is InChI=1S/C17H22F3N5O4S/c1-22(2)30(28,29)25-8-6-5-7-12(25)11-9-10(17(18,19)20)13-14(21-11)23(3)16(27)24(4)15(13)26/h9,12H,5-8H2,1-4H3/t12-/m1/s1. The summed E-state index contributed by atoms with van der Waals surface area (Å²) in [6, 6.07) is -0.224. The zero-order chi connectivity index (χ0) is 22.6. The van der Waals surface area contributed by atoms with Gasteiger partial charge in [0.05, 0.1) is 22.7 Å². The first-order chi connectivity index (χ1) is 13.8. The van der Waals surface area contributed by atoms with Gasteiger partial charge < -0.3 is 0 Å². The molecule has 0 saturated carbocycles. The number of rotatable bonds is 3. The fourth-order valence-corrected chi connectivity index (χ4v) is 4.97. The lowest BCUT2D eigenvalue weighted by atomic mass is 9.99. The van der Waals surface area contributed by atoms with Crippen molar-refractivity contribution in [2.24, 2.45) is 14.1 Å². The van der Waals surface area contributed by atoms with E-state index < -0.39 is 50.3 Å². The molecule has 9 nitrogen and oxygen atoms in total. The molecule has 3 heterocycles. The summed E-state index contributed by atoms with van der Waals surface area (Å²) in [5.41, 5.74) is -3.76. The van der Waals surface area contributed by atoms with Crippen molar-refractivity contribution in [1.82, 2.24) is 22.7 Å². The largest absolute Gasteiger partial charge is 0.417 e. The lowest BCUT2D eigenvalue weighted by Gasteiger charge is -2.36. The minimum atomic E-state index is -4.90. The number of fused-ring (bicyclic) bond motifs is 1. The van der Waals surface area contributed by atoms with Crippen molar-refractivity contribution >= 4 is 21.2 Å². The SMILES string of the molecule is CN(C)S(=O)(=O)N1CCCC[C@@H]1c1cc(C(F)(F)F)c2c(=O)n(C)c(=O)n(C)c2n1. The van der Waals surface area contributed by atoms with Crippen molar-refractivity contribution in [3.8, 4) is 0 Å². The van der Waals surface area contributed by atoms with Crippen LogP contribution >= 0.6 is 0 Å². The molecule has 0 aliphatic carbocycles. The molecule has 2 aromatic heterocycles. The van der Waals surface area contributed by atoms with Crippen molar-refractivity contribution < 1.29 is 21.6 Å². The number of aromatic nitrogens is 3. The van der Waals surface area contributed by atoms with Crippen molar-refractivity contribution in [1.29, 1.82) is 0 Å². The van der Waals surface area contributed by atoms with E-state index in [1.165, 1.54) is 21.1 Å². The third kappa shape index (κ3) is 3.54. The normalized spacial score (nSPS) is 19.0. The van der Waals surface area contributed by atoms with Crippen LogP contribution in [0.15, 0.2) is 15.7 Å². The third-order valence-corrected chi connectivity index (χ3v) is 7.24. The average molecular weight is 449 g/mol. The summed E-state index contributed by atoms with van der Waals surface area (Å²) in [5, 5.41) is -0.728. The summed E-state index contributed by atoms with van der Waals surface area (Å²) in [6.07, 6.45) is -3.48. The van der Waals surface area contributed by atoms with Gasteiger partial charge in [-0.05, 0) is 18.9 Å². The highest BCUT2D eigenvalue weighted by Gasteiger charge is 2.40. The van der Waals surface area contributed by atoms with E-state index in [0.717, 1.165) is 26.3 Å². The van der Waals surface area contributed by atoms with E-state index in [1.54, 1.807) is 0 Å². The van der Waals surface area contributed by atoms with Gasteiger partial charge in [0.2, 0.25) is 0 Å². The molecule has 166 valence electrons. The zero-order valence-electron chi connectivity index (χ0n) is 16.9. The second kappa shape index (κ2) is 7.46. The second-order valence-corrected chi connectivity index (χ2v) is 9.50. The third-order valence-electron chi connectivity index (χ3n) is 5.29. The van der Waals surface area contributed by atoms with Crippen molar-refractivity contribution in [2.75, 3.05) is 20.6 Å². The second-order valence-electron chi connectivity index (χ2n) is 7.41. The number of piperidine rings is 1. The summed E-state index contributed by atoms with van der Waals surface area (Å²) >= 11 is 0. The van der Waals surface area contributed by atoms with Crippen LogP contribution < -0.4 is 11.2 Å². The van der Waals surface area contributed by atoms with Crippen LogP contribution in [0.2, 0.25) is 0 Å². The van der Waals surface area contributed by atoms with E-state index >= 15 is 0 Å². The van der Waals surface area contributed by atoms with Crippen LogP contribution in [-0.4, -0.2) is 51.8 Å². The summed E-state index contributed by atoms with van der Waals surface area (Å²) < 4.78 is 70.6. The van der Waals surface area contributed by atoms with Gasteiger partial charge in [-0.3, -0.25) is 13.9 Å². The lowest BCUT2D eigenvalue weighted by molar-refractivity contribution is -0.136. The fourth-order valence-electron chi connectivity index (χ4n) is 3.66. The highest BCUT2D eigenvalue weighted by molar-refractivity contribution is 7.86. The van der Waals surface area contributed by atoms with Gasteiger partial charge in [0.1, 0.15) is 5.65 Å². The number of alkyl halides is 3. The first-order valence-electron chi connectivity index (χ1n) is 9.15. The van der Waals surface area contributed by atoms with Crippen LogP contribution in [0.1, 0.15) is 36.6 Å². The molecule has 1 saturated heterocycles. The van der Waals surface area contributed by atoms with Gasteiger partial charge in [-0.1, -0.05) is 6.42 Å². The van der Waals surface area contributed by atoms with Crippen LogP contribution in [0.25, 0.3) is 11.0 Å². The van der Waals surface area contributed by atoms with E-state index in [4.69, 9.17) is 0 Å². The maximum atomic E-state index is 13.9. The minimum Gasteiger partial charge on any atom is -0.280 e. The van der Waals surface area contributed by atoms with E-state index in [1.807, 2.05) is 0 Å². The van der Waals surface area contributed by atoms with E-state index in [2.05, 4.69) is 4.98 Å². The number of nitrogens with zero attached hydrogens (tertiary/aromatic N) is 5. The molecule has 1 atom stereocenters. The van der Waals surface area contributed by atoms with Crippen molar-refractivity contribution in [3.05, 3.63) is 38.2 Å². The highest BCUT2D eigenvalue weighted by Crippen LogP contribution is 2.38. The summed E-state index contributed by atoms with van der Waals surface area (Å²) in [5.74, 6) is 0. The van der Waals surface area contributed by atoms with Gasteiger partial charge in [-0.15, -0.1) is 0 Å². The number of halogens is 3. The van der Waals surface area contributed by atoms with Crippen LogP contribution in [-0.2, 0) is 30.5 Å². The van der Waals surface area contributed by atoms with Gasteiger partial charge in [0, 0.05) is 34.7 Å². The number of pyridine rings is 1. The molecule has 0 amide bonds. The molecule has 0 radical (unpaired) electrons. The first-order valence-corrected chi connectivity index (χ1v) is 10.5. The molecule has 0 spiro atoms. The molecule has 3 rings (SSSR count). The van der Waals surface area contributed by atoms with Crippen molar-refractivity contribution in [3.63, 3.8) is 0 Å². The monoisotopic (exact) mass is 449 g/mol. The molecule has 0 aromatic carbocycles. The Balaban J connectivity index is 2.37. The Bertz CT molecular complexity index is 1220. The molecule has 1 fully saturated rings. The van der Waals surface area contributed by atoms with Gasteiger partial charge in [-0.2, -0.15) is 30.2 Å². The molecule has 30 heavy (non-hydrogen) atoms. The predicted octanol–water partition coefficient (Wildman–Crippen LogP) is 0.984. The molecule has 1 aliphatic heterocycles. The van der Waals surface area contributed by atoms with E-state index in [9.17, 15) is 31.2 Å². The van der Waals surface area contributed by atoms with Crippen molar-refractivity contribution in [2.45, 2.75) is 31.5 Å². The number of aryl methyl sites for hydroxylation is 1. The highest BCUT2D eigenvalue weighted by atomic mass is 32.2. The Hall–Kier alpha value is -2.25. The Morgan fingerprint density at radius 1 is 1.13 bits per heavy atom. The smallest absolute Gasteiger partial charge is 0.280 e. The quantitative estimate of drug-likeness (QED) is 0.696. The molecule has 13 heteroatoms. The maximum Gasteiger partial charge on any atom is 0.417 e. The molecule has 1 aliphatic rings. The van der Waals surface area contributed by atoms with Crippen LogP contribution in [0.3, 0.4) is 0 Å². The molecule has 0 N–H and O–H groups in total. The van der Waals surface area contributed by atoms with Gasteiger partial charge in [0.25, 0.3) is 15.8 Å². The van der Waals surface area contributed by atoms with E-state index in [0.29, 0.717) is 17.4 Å². The number of hydrogen-bond donors (Lipinski definition) is 0. The average Bonchev–Trinajstić information content (AvgIpc) is 2.68. The molecule has 0 bridgehead atoms. The lowest BCUT2D eigenvalue weighted by Crippen LogP contribution is -2.45. The molecule has 2 aromatic rings. The summed E-state index contributed by atoms with van der Waals surface area (Å²) in [4.78, 5) is 28.9. The number of hydrogen-bond acceptors (Lipinski definition) is 5. The molecule has 0 unspecified atom stereocenters. The fraction of sp³-hybridized carbons (Fsp3) is 0.588.